The van der Waals surface area contributed by atoms with E-state index in [4.69, 9.17) is 23.2 Å². The van der Waals surface area contributed by atoms with Gasteiger partial charge < -0.3 is 15.1 Å². The topological polar surface area (TPSA) is 76.2 Å². The lowest BCUT2D eigenvalue weighted by Crippen LogP contribution is -2.49. The number of halogens is 2. The zero-order valence-corrected chi connectivity index (χ0v) is 23.5. The van der Waals surface area contributed by atoms with Gasteiger partial charge in [-0.15, -0.1) is 0 Å². The number of hydrogen-bond acceptors (Lipinski definition) is 4. The van der Waals surface area contributed by atoms with Crippen LogP contribution in [0.4, 0.5) is 4.79 Å². The van der Waals surface area contributed by atoms with Crippen molar-refractivity contribution >= 4 is 41.0 Å². The predicted octanol–water partition coefficient (Wildman–Crippen LogP) is 3.95. The van der Waals surface area contributed by atoms with Gasteiger partial charge in [-0.1, -0.05) is 59.6 Å². The van der Waals surface area contributed by atoms with Crippen molar-refractivity contribution < 1.29 is 14.4 Å². The van der Waals surface area contributed by atoms with E-state index in [1.807, 2.05) is 17.9 Å². The van der Waals surface area contributed by atoms with Crippen LogP contribution < -0.4 is 5.32 Å². The highest BCUT2D eigenvalue weighted by Gasteiger charge is 2.44. The minimum absolute atomic E-state index is 0.0502. The van der Waals surface area contributed by atoms with Crippen molar-refractivity contribution in [3.8, 4) is 0 Å². The Morgan fingerprint density at radius 2 is 1.74 bits per heavy atom. The summed E-state index contributed by atoms with van der Waals surface area (Å²) < 4.78 is 0. The van der Waals surface area contributed by atoms with Crippen LogP contribution in [0, 0.1) is 0 Å². The Kier molecular flexibility index (Phi) is 8.45. The first-order valence-electron chi connectivity index (χ1n) is 13.4. The molecule has 1 saturated heterocycles. The van der Waals surface area contributed by atoms with E-state index in [2.05, 4.69) is 34.5 Å². The van der Waals surface area contributed by atoms with Gasteiger partial charge in [0.1, 0.15) is 0 Å². The molecule has 206 valence electrons. The van der Waals surface area contributed by atoms with Crippen LogP contribution in [0.3, 0.4) is 0 Å². The predicted molar refractivity (Wildman–Crippen MR) is 152 cm³/mol. The van der Waals surface area contributed by atoms with Crippen molar-refractivity contribution in [3.63, 3.8) is 0 Å². The Morgan fingerprint density at radius 1 is 1.00 bits per heavy atom. The number of likely N-dealkylation sites (N-methyl/N-ethyl adjacent to an activating group) is 1. The number of nitrogens with zero attached hydrogens (tertiary/aromatic N) is 4. The third kappa shape index (κ3) is 5.93. The second-order valence-electron chi connectivity index (χ2n) is 10.1. The minimum atomic E-state index is -0.669. The average Bonchev–Trinajstić information content (AvgIpc) is 3.27. The lowest BCUT2D eigenvalue weighted by atomic mass is 9.95. The summed E-state index contributed by atoms with van der Waals surface area (Å²) in [5.41, 5.74) is 3.11. The number of carbonyl (C=O) groups excluding carboxylic acids is 3. The molecule has 8 nitrogen and oxygen atoms in total. The Morgan fingerprint density at radius 3 is 2.44 bits per heavy atom. The second-order valence-corrected chi connectivity index (χ2v) is 10.9. The molecule has 1 atom stereocenters. The van der Waals surface area contributed by atoms with Gasteiger partial charge in [0, 0.05) is 62.3 Å². The number of piperazine rings is 1. The van der Waals surface area contributed by atoms with E-state index in [0.717, 1.165) is 26.1 Å². The van der Waals surface area contributed by atoms with Crippen LogP contribution in [0.5, 0.6) is 0 Å². The number of nitrogens with one attached hydrogen (secondary N) is 1. The number of amides is 4. The summed E-state index contributed by atoms with van der Waals surface area (Å²) >= 11 is 12.5. The van der Waals surface area contributed by atoms with E-state index in [-0.39, 0.29) is 30.8 Å². The summed E-state index contributed by atoms with van der Waals surface area (Å²) in [6, 6.07) is 14.5. The van der Waals surface area contributed by atoms with E-state index in [0.29, 0.717) is 53.1 Å². The van der Waals surface area contributed by atoms with Crippen LogP contribution in [0.2, 0.25) is 10.0 Å². The summed E-state index contributed by atoms with van der Waals surface area (Å²) in [5, 5.41) is 3.79. The van der Waals surface area contributed by atoms with Gasteiger partial charge in [-0.05, 0) is 36.6 Å². The molecule has 1 fully saturated rings. The molecule has 1 N–H and O–H groups in total. The van der Waals surface area contributed by atoms with Crippen molar-refractivity contribution in [2.24, 2.45) is 0 Å². The number of carbonyl (C=O) groups is 3. The zero-order chi connectivity index (χ0) is 27.5. The first-order valence-corrected chi connectivity index (χ1v) is 14.2. The van der Waals surface area contributed by atoms with E-state index in [1.54, 1.807) is 28.0 Å². The van der Waals surface area contributed by atoms with Crippen LogP contribution in [-0.2, 0) is 16.0 Å². The fraction of sp³-hybridized carbons (Fsp3) is 0.414. The van der Waals surface area contributed by atoms with E-state index < -0.39 is 6.04 Å². The first-order chi connectivity index (χ1) is 18.9. The van der Waals surface area contributed by atoms with E-state index >= 15 is 0 Å². The monoisotopic (exact) mass is 569 g/mol. The molecule has 0 bridgehead atoms. The third-order valence-electron chi connectivity index (χ3n) is 7.77. The maximum atomic E-state index is 13.6. The second kappa shape index (κ2) is 12.0. The molecule has 0 saturated carbocycles. The van der Waals surface area contributed by atoms with Gasteiger partial charge in [0.15, 0.2) is 0 Å². The minimum Gasteiger partial charge on any atom is -0.340 e. The smallest absolute Gasteiger partial charge is 0.322 e. The Balaban J connectivity index is 1.18. The highest BCUT2D eigenvalue weighted by atomic mass is 35.5. The first kappa shape index (κ1) is 27.5. The lowest BCUT2D eigenvalue weighted by molar-refractivity contribution is -0.134. The standard InChI is InChI=1S/C29H33Cl2N5O3/c1-2-36-24-19-35(28(38)26(24)27(32-29(36)39)22-9-8-21(30)18-23(22)31)13-11-25(37)34-16-14-33(15-17-34)12-10-20-6-4-3-5-7-20/h3-9,18,27H,2,10-17,19H2,1H3,(H,32,39)/t27-/m0/s1. The van der Waals surface area contributed by atoms with E-state index in [1.165, 1.54) is 5.56 Å². The molecule has 0 unspecified atom stereocenters. The van der Waals surface area contributed by atoms with Crippen LogP contribution in [0.25, 0.3) is 0 Å². The molecule has 5 rings (SSSR count). The fourth-order valence-corrected chi connectivity index (χ4v) is 6.09. The molecule has 0 spiro atoms. The molecular weight excluding hydrogens is 537 g/mol. The molecule has 3 aliphatic rings. The van der Waals surface area contributed by atoms with Crippen LogP contribution in [0.15, 0.2) is 59.8 Å². The summed E-state index contributed by atoms with van der Waals surface area (Å²) in [6.07, 6.45) is 1.24. The maximum Gasteiger partial charge on any atom is 0.322 e. The van der Waals surface area contributed by atoms with Gasteiger partial charge in [-0.3, -0.25) is 19.4 Å². The lowest BCUT2D eigenvalue weighted by Gasteiger charge is -2.35. The number of benzene rings is 2. The molecule has 0 aromatic heterocycles. The van der Waals surface area contributed by atoms with Crippen molar-refractivity contribution in [2.75, 3.05) is 52.4 Å². The molecule has 0 radical (unpaired) electrons. The molecule has 3 heterocycles. The Bertz CT molecular complexity index is 1280. The number of urea groups is 1. The quantitative estimate of drug-likeness (QED) is 0.522. The van der Waals surface area contributed by atoms with Crippen molar-refractivity contribution in [1.82, 2.24) is 24.9 Å². The zero-order valence-electron chi connectivity index (χ0n) is 22.0. The van der Waals surface area contributed by atoms with Gasteiger partial charge in [-0.25, -0.2) is 4.79 Å². The molecular formula is C29H33Cl2N5O3. The summed E-state index contributed by atoms with van der Waals surface area (Å²) in [4.78, 5) is 47.1. The summed E-state index contributed by atoms with van der Waals surface area (Å²) in [5.74, 6) is -0.132. The fourth-order valence-electron chi connectivity index (χ4n) is 5.57. The Hall–Kier alpha value is -3.07. The molecule has 2 aromatic rings. The normalized spacial score (nSPS) is 20.0. The molecule has 2 aromatic carbocycles. The van der Waals surface area contributed by atoms with Gasteiger partial charge in [0.25, 0.3) is 5.91 Å². The van der Waals surface area contributed by atoms with Gasteiger partial charge in [0.05, 0.1) is 23.9 Å². The molecule has 39 heavy (non-hydrogen) atoms. The van der Waals surface area contributed by atoms with Crippen LogP contribution in [0.1, 0.15) is 30.5 Å². The van der Waals surface area contributed by atoms with Gasteiger partial charge in [0.2, 0.25) is 5.91 Å². The molecule has 10 heteroatoms. The maximum absolute atomic E-state index is 13.6. The van der Waals surface area contributed by atoms with E-state index in [9.17, 15) is 14.4 Å². The number of rotatable bonds is 8. The SMILES string of the molecule is CCN1C(=O)N[C@@H](c2ccc(Cl)cc2Cl)C2=C1CN(CCC(=O)N1CCN(CCc3ccccc3)CC1)C2=O. The summed E-state index contributed by atoms with van der Waals surface area (Å²) in [6.45, 7) is 6.94. The van der Waals surface area contributed by atoms with Crippen LogP contribution >= 0.6 is 23.2 Å². The van der Waals surface area contributed by atoms with Crippen molar-refractivity contribution in [2.45, 2.75) is 25.8 Å². The van der Waals surface area contributed by atoms with Crippen LogP contribution in [-0.4, -0.2) is 89.8 Å². The molecule has 3 aliphatic heterocycles. The third-order valence-corrected chi connectivity index (χ3v) is 8.33. The number of hydrogen-bond donors (Lipinski definition) is 1. The highest BCUT2D eigenvalue weighted by Crippen LogP contribution is 2.39. The molecule has 0 aliphatic carbocycles. The molecule has 4 amide bonds. The average molecular weight is 571 g/mol. The van der Waals surface area contributed by atoms with Crippen molar-refractivity contribution in [3.05, 3.63) is 81.0 Å². The largest absolute Gasteiger partial charge is 0.340 e. The van der Waals surface area contributed by atoms with Crippen molar-refractivity contribution in [1.29, 1.82) is 0 Å². The summed E-state index contributed by atoms with van der Waals surface area (Å²) in [7, 11) is 0. The van der Waals surface area contributed by atoms with Gasteiger partial charge >= 0.3 is 6.03 Å². The van der Waals surface area contributed by atoms with Gasteiger partial charge in [-0.2, -0.15) is 0 Å². The highest BCUT2D eigenvalue weighted by molar-refractivity contribution is 6.35. The Labute approximate surface area is 239 Å².